The molecule has 1 unspecified atom stereocenters. The Bertz CT molecular complexity index is 471. The fraction of sp³-hybridized carbons (Fsp3) is 0.385. The van der Waals surface area contributed by atoms with E-state index in [1.807, 2.05) is 25.1 Å². The van der Waals surface area contributed by atoms with Gasteiger partial charge in [0.05, 0.1) is 16.0 Å². The van der Waals surface area contributed by atoms with Crippen LogP contribution in [0.15, 0.2) is 29.2 Å². The molecule has 7 heteroatoms. The van der Waals surface area contributed by atoms with Crippen LogP contribution < -0.4 is 5.32 Å². The first-order chi connectivity index (χ1) is 9.50. The second-order valence-electron chi connectivity index (χ2n) is 3.93. The van der Waals surface area contributed by atoms with Gasteiger partial charge in [-0.25, -0.2) is 0 Å². The van der Waals surface area contributed by atoms with Gasteiger partial charge in [-0.15, -0.1) is 23.5 Å². The van der Waals surface area contributed by atoms with Crippen LogP contribution in [0.5, 0.6) is 0 Å². The van der Waals surface area contributed by atoms with Gasteiger partial charge in [0.25, 0.3) is 0 Å². The average molecular weight is 334 g/mol. The molecule has 110 valence electrons. The summed E-state index contributed by atoms with van der Waals surface area (Å²) in [5.74, 6) is -0.281. The number of carbonyl (C=O) groups excluding carboxylic acids is 1. The van der Waals surface area contributed by atoms with Gasteiger partial charge in [-0.1, -0.05) is 23.7 Å². The molecular formula is C13H16ClNO3S2. The lowest BCUT2D eigenvalue weighted by Gasteiger charge is -2.12. The lowest BCUT2D eigenvalue weighted by molar-refractivity contribution is -0.133. The molecule has 0 heterocycles. The molecule has 1 amide bonds. The quantitative estimate of drug-likeness (QED) is 0.565. The summed E-state index contributed by atoms with van der Waals surface area (Å²) in [6.45, 7) is 2.28. The third kappa shape index (κ3) is 6.54. The first-order valence-corrected chi connectivity index (χ1v) is 8.40. The normalized spacial score (nSPS) is 11.9. The second-order valence-corrected chi connectivity index (χ2v) is 6.82. The van der Waals surface area contributed by atoms with Crippen molar-refractivity contribution in [1.82, 2.24) is 5.32 Å². The number of amides is 1. The molecule has 0 aromatic heterocycles. The number of carboxylic acids is 1. The van der Waals surface area contributed by atoms with Crippen molar-refractivity contribution in [3.63, 3.8) is 0 Å². The lowest BCUT2D eigenvalue weighted by atomic mass is 10.4. The van der Waals surface area contributed by atoms with Gasteiger partial charge in [0.1, 0.15) is 0 Å². The molecule has 0 aliphatic carbocycles. The zero-order valence-electron chi connectivity index (χ0n) is 11.0. The van der Waals surface area contributed by atoms with Crippen LogP contribution in [-0.4, -0.2) is 40.3 Å². The van der Waals surface area contributed by atoms with Crippen molar-refractivity contribution in [3.8, 4) is 0 Å². The van der Waals surface area contributed by atoms with Gasteiger partial charge in [0, 0.05) is 17.2 Å². The van der Waals surface area contributed by atoms with Gasteiger partial charge in [-0.2, -0.15) is 0 Å². The number of carboxylic acid groups (broad SMARTS) is 1. The van der Waals surface area contributed by atoms with Gasteiger partial charge < -0.3 is 10.4 Å². The van der Waals surface area contributed by atoms with Crippen LogP contribution in [0.2, 0.25) is 5.02 Å². The summed E-state index contributed by atoms with van der Waals surface area (Å²) in [7, 11) is 0. The SMILES string of the molecule is CC(Sc1ccccc1Cl)C(=O)NCCSCC(=O)O. The topological polar surface area (TPSA) is 66.4 Å². The maximum absolute atomic E-state index is 11.9. The number of rotatable bonds is 8. The van der Waals surface area contributed by atoms with Crippen LogP contribution in [0.4, 0.5) is 0 Å². The number of benzene rings is 1. The molecule has 0 fully saturated rings. The standard InChI is InChI=1S/C13H16ClNO3S2/c1-9(20-11-5-3-2-4-10(11)14)13(18)15-6-7-19-8-12(16)17/h2-5,9H,6-8H2,1H3,(H,15,18)(H,16,17). The highest BCUT2D eigenvalue weighted by Crippen LogP contribution is 2.29. The smallest absolute Gasteiger partial charge is 0.313 e. The number of halogens is 1. The molecule has 20 heavy (non-hydrogen) atoms. The highest BCUT2D eigenvalue weighted by Gasteiger charge is 2.15. The van der Waals surface area contributed by atoms with Crippen molar-refractivity contribution in [3.05, 3.63) is 29.3 Å². The predicted molar refractivity (Wildman–Crippen MR) is 84.7 cm³/mol. The van der Waals surface area contributed by atoms with E-state index in [4.69, 9.17) is 16.7 Å². The van der Waals surface area contributed by atoms with E-state index in [1.165, 1.54) is 23.5 Å². The first-order valence-electron chi connectivity index (χ1n) is 5.99. The van der Waals surface area contributed by atoms with E-state index < -0.39 is 5.97 Å². The Morgan fingerprint density at radius 1 is 1.40 bits per heavy atom. The van der Waals surface area contributed by atoms with E-state index >= 15 is 0 Å². The summed E-state index contributed by atoms with van der Waals surface area (Å²) in [6, 6.07) is 7.38. The van der Waals surface area contributed by atoms with Gasteiger partial charge in [-0.3, -0.25) is 9.59 Å². The largest absolute Gasteiger partial charge is 0.481 e. The van der Waals surface area contributed by atoms with E-state index in [0.29, 0.717) is 17.3 Å². The third-order valence-corrected chi connectivity index (χ3v) is 4.84. The Balaban J connectivity index is 2.29. The van der Waals surface area contributed by atoms with E-state index in [9.17, 15) is 9.59 Å². The minimum atomic E-state index is -0.844. The Morgan fingerprint density at radius 2 is 2.10 bits per heavy atom. The summed E-state index contributed by atoms with van der Waals surface area (Å²) in [5, 5.41) is 11.6. The minimum Gasteiger partial charge on any atom is -0.481 e. The maximum Gasteiger partial charge on any atom is 0.313 e. The minimum absolute atomic E-state index is 0.0554. The maximum atomic E-state index is 11.9. The van der Waals surface area contributed by atoms with Crippen molar-refractivity contribution < 1.29 is 14.7 Å². The molecule has 1 aromatic rings. The lowest BCUT2D eigenvalue weighted by Crippen LogP contribution is -2.32. The molecule has 4 nitrogen and oxygen atoms in total. The zero-order chi connectivity index (χ0) is 15.0. The molecule has 0 radical (unpaired) electrons. The fourth-order valence-corrected chi connectivity index (χ4v) is 3.08. The van der Waals surface area contributed by atoms with Crippen LogP contribution >= 0.6 is 35.1 Å². The van der Waals surface area contributed by atoms with Gasteiger partial charge in [0.2, 0.25) is 5.91 Å². The average Bonchev–Trinajstić information content (AvgIpc) is 2.40. The van der Waals surface area contributed by atoms with Crippen molar-refractivity contribution >= 4 is 47.0 Å². The van der Waals surface area contributed by atoms with Gasteiger partial charge in [-0.05, 0) is 19.1 Å². The number of aliphatic carboxylic acids is 1. The molecular weight excluding hydrogens is 318 g/mol. The second kappa shape index (κ2) is 9.15. The molecule has 0 saturated heterocycles. The number of hydrogen-bond acceptors (Lipinski definition) is 4. The van der Waals surface area contributed by atoms with Crippen LogP contribution in [0, 0.1) is 0 Å². The summed E-state index contributed by atoms with van der Waals surface area (Å²) in [5.41, 5.74) is 0. The number of hydrogen-bond donors (Lipinski definition) is 2. The van der Waals surface area contributed by atoms with Crippen molar-refractivity contribution in [2.24, 2.45) is 0 Å². The number of thioether (sulfide) groups is 2. The van der Waals surface area contributed by atoms with E-state index in [0.717, 1.165) is 4.90 Å². The Morgan fingerprint density at radius 3 is 2.75 bits per heavy atom. The van der Waals surface area contributed by atoms with E-state index in [2.05, 4.69) is 5.32 Å². The summed E-state index contributed by atoms with van der Waals surface area (Å²) in [4.78, 5) is 23.0. The number of nitrogens with one attached hydrogen (secondary N) is 1. The highest BCUT2D eigenvalue weighted by atomic mass is 35.5. The third-order valence-electron chi connectivity index (χ3n) is 2.28. The molecule has 1 aromatic carbocycles. The zero-order valence-corrected chi connectivity index (χ0v) is 13.4. The molecule has 0 bridgehead atoms. The summed E-state index contributed by atoms with van der Waals surface area (Å²) >= 11 is 8.72. The van der Waals surface area contributed by atoms with Crippen LogP contribution in [0.1, 0.15) is 6.92 Å². The van der Waals surface area contributed by atoms with E-state index in [1.54, 1.807) is 6.07 Å². The first kappa shape index (κ1) is 17.2. The molecule has 0 aliphatic heterocycles. The summed E-state index contributed by atoms with van der Waals surface area (Å²) < 4.78 is 0. The Kier molecular flexibility index (Phi) is 7.87. The molecule has 1 atom stereocenters. The van der Waals surface area contributed by atoms with Crippen LogP contribution in [-0.2, 0) is 9.59 Å². The monoisotopic (exact) mass is 333 g/mol. The van der Waals surface area contributed by atoms with Crippen LogP contribution in [0.25, 0.3) is 0 Å². The summed E-state index contributed by atoms with van der Waals surface area (Å²) in [6.07, 6.45) is 0. The van der Waals surface area contributed by atoms with Gasteiger partial charge in [0.15, 0.2) is 0 Å². The Labute approximate surface area is 131 Å². The van der Waals surface area contributed by atoms with Gasteiger partial charge >= 0.3 is 5.97 Å². The molecule has 0 aliphatic rings. The number of carbonyl (C=O) groups is 2. The van der Waals surface area contributed by atoms with Crippen molar-refractivity contribution in [2.75, 3.05) is 18.1 Å². The van der Waals surface area contributed by atoms with Crippen molar-refractivity contribution in [2.45, 2.75) is 17.1 Å². The highest BCUT2D eigenvalue weighted by molar-refractivity contribution is 8.00. The Hall–Kier alpha value is -0.850. The predicted octanol–water partition coefficient (Wildman–Crippen LogP) is 2.75. The van der Waals surface area contributed by atoms with Crippen molar-refractivity contribution in [1.29, 1.82) is 0 Å². The molecule has 0 saturated carbocycles. The van der Waals surface area contributed by atoms with Crippen LogP contribution in [0.3, 0.4) is 0 Å². The molecule has 1 rings (SSSR count). The molecule has 0 spiro atoms. The molecule has 2 N–H and O–H groups in total. The fourth-order valence-electron chi connectivity index (χ4n) is 1.33. The van der Waals surface area contributed by atoms with E-state index in [-0.39, 0.29) is 16.9 Å².